The summed E-state index contributed by atoms with van der Waals surface area (Å²) in [6.07, 6.45) is -0.0945. The molecule has 1 aromatic carbocycles. The van der Waals surface area contributed by atoms with Crippen molar-refractivity contribution in [1.29, 1.82) is 0 Å². The number of ether oxygens (including phenoxy) is 1. The van der Waals surface area contributed by atoms with E-state index in [-0.39, 0.29) is 6.42 Å². The topological polar surface area (TPSA) is 119 Å². The van der Waals surface area contributed by atoms with Crippen molar-refractivity contribution in [3.8, 4) is 0 Å². The molecule has 0 heterocycles. The van der Waals surface area contributed by atoms with Crippen LogP contribution in [0.25, 0.3) is 0 Å². The molecular formula is C18H26N2O5. The number of carbonyl (C=O) groups excluding carboxylic acids is 2. The van der Waals surface area contributed by atoms with Crippen LogP contribution in [0.3, 0.4) is 0 Å². The fraction of sp³-hybridized carbons (Fsp3) is 0.500. The van der Waals surface area contributed by atoms with E-state index in [1.165, 1.54) is 0 Å². The van der Waals surface area contributed by atoms with E-state index in [1.54, 1.807) is 39.8 Å². The van der Waals surface area contributed by atoms with E-state index >= 15 is 0 Å². The third-order valence-electron chi connectivity index (χ3n) is 3.63. The number of aryl methyl sites for hydroxylation is 2. The zero-order valence-electron chi connectivity index (χ0n) is 15.3. The number of benzene rings is 1. The van der Waals surface area contributed by atoms with Gasteiger partial charge in [0.1, 0.15) is 11.6 Å². The van der Waals surface area contributed by atoms with Crippen molar-refractivity contribution in [2.75, 3.05) is 0 Å². The van der Waals surface area contributed by atoms with Gasteiger partial charge in [0.25, 0.3) is 0 Å². The van der Waals surface area contributed by atoms with Crippen LogP contribution in [0.1, 0.15) is 54.7 Å². The number of carboxylic acids is 1. The van der Waals surface area contributed by atoms with Gasteiger partial charge in [-0.25, -0.2) is 9.59 Å². The van der Waals surface area contributed by atoms with Crippen LogP contribution in [0.5, 0.6) is 0 Å². The first kappa shape index (κ1) is 20.5. The van der Waals surface area contributed by atoms with E-state index in [0.29, 0.717) is 12.0 Å². The molecule has 4 N–H and O–H groups in total. The van der Waals surface area contributed by atoms with Gasteiger partial charge in [0.15, 0.2) is 0 Å². The number of aliphatic carboxylic acids is 1. The van der Waals surface area contributed by atoms with E-state index in [9.17, 15) is 19.5 Å². The molecule has 2 amide bonds. The number of alkyl carbamates (subject to hydrolysis) is 1. The molecule has 0 aromatic heterocycles. The first-order chi connectivity index (χ1) is 11.4. The van der Waals surface area contributed by atoms with Crippen molar-refractivity contribution in [1.82, 2.24) is 5.32 Å². The number of nitrogens with two attached hydrogens (primary N) is 1. The van der Waals surface area contributed by atoms with Crippen LogP contribution in [0.4, 0.5) is 4.79 Å². The lowest BCUT2D eigenvalue weighted by Gasteiger charge is -2.23. The molecule has 25 heavy (non-hydrogen) atoms. The number of hydrogen-bond donors (Lipinski definition) is 3. The molecule has 0 bridgehead atoms. The van der Waals surface area contributed by atoms with Crippen LogP contribution < -0.4 is 11.1 Å². The first-order valence-electron chi connectivity index (χ1n) is 8.09. The van der Waals surface area contributed by atoms with Crippen molar-refractivity contribution in [3.05, 3.63) is 34.4 Å². The van der Waals surface area contributed by atoms with Gasteiger partial charge in [-0.1, -0.05) is 6.92 Å². The Morgan fingerprint density at radius 1 is 1.28 bits per heavy atom. The molecule has 0 spiro atoms. The monoisotopic (exact) mass is 350 g/mol. The lowest BCUT2D eigenvalue weighted by Crippen LogP contribution is -2.45. The highest BCUT2D eigenvalue weighted by Crippen LogP contribution is 2.20. The van der Waals surface area contributed by atoms with E-state index in [2.05, 4.69) is 5.32 Å². The molecule has 0 aliphatic rings. The van der Waals surface area contributed by atoms with Crippen LogP contribution in [-0.2, 0) is 22.4 Å². The van der Waals surface area contributed by atoms with Crippen molar-refractivity contribution in [2.45, 2.75) is 59.1 Å². The summed E-state index contributed by atoms with van der Waals surface area (Å²) in [7, 11) is 0. The molecule has 7 nitrogen and oxygen atoms in total. The molecule has 0 saturated heterocycles. The zero-order chi connectivity index (χ0) is 19.4. The number of carboxylic acid groups (broad SMARTS) is 1. The molecule has 1 atom stereocenters. The summed E-state index contributed by atoms with van der Waals surface area (Å²) >= 11 is 0. The second kappa shape index (κ2) is 8.00. The first-order valence-corrected chi connectivity index (χ1v) is 8.09. The number of primary amides is 1. The van der Waals surface area contributed by atoms with Gasteiger partial charge in [0, 0.05) is 12.0 Å². The van der Waals surface area contributed by atoms with Gasteiger partial charge < -0.3 is 20.9 Å². The van der Waals surface area contributed by atoms with Gasteiger partial charge in [-0.15, -0.1) is 0 Å². The Morgan fingerprint density at radius 3 is 2.32 bits per heavy atom. The van der Waals surface area contributed by atoms with Gasteiger partial charge in [-0.3, -0.25) is 4.79 Å². The Morgan fingerprint density at radius 2 is 1.88 bits per heavy atom. The van der Waals surface area contributed by atoms with Crippen LogP contribution in [0.15, 0.2) is 12.1 Å². The second-order valence-electron chi connectivity index (χ2n) is 6.89. The van der Waals surface area contributed by atoms with Crippen molar-refractivity contribution >= 4 is 18.0 Å². The maximum Gasteiger partial charge on any atom is 0.408 e. The Balaban J connectivity index is 3.08. The molecular weight excluding hydrogens is 324 g/mol. The number of rotatable bonds is 6. The minimum absolute atomic E-state index is 0.0859. The van der Waals surface area contributed by atoms with Crippen LogP contribution >= 0.6 is 0 Å². The highest BCUT2D eigenvalue weighted by atomic mass is 16.6. The predicted octanol–water partition coefficient (Wildman–Crippen LogP) is 2.18. The standard InChI is InChI=1S/C18H26N2O5/c1-6-11-8-12(15(19)21)7-10(2)13(11)9-14(16(22)23)20-17(24)25-18(3,4)5/h7-8,14H,6,9H2,1-5H3,(H2,19,21)(H,20,24)(H,22,23)/t14-/m0/s1. The van der Waals surface area contributed by atoms with E-state index in [1.807, 2.05) is 6.92 Å². The van der Waals surface area contributed by atoms with Crippen LogP contribution in [-0.4, -0.2) is 34.7 Å². The summed E-state index contributed by atoms with van der Waals surface area (Å²) in [4.78, 5) is 34.8. The molecule has 0 fully saturated rings. The molecule has 0 aliphatic carbocycles. The van der Waals surface area contributed by atoms with E-state index in [0.717, 1.165) is 16.7 Å². The Bertz CT molecular complexity index is 677. The highest BCUT2D eigenvalue weighted by Gasteiger charge is 2.25. The fourth-order valence-electron chi connectivity index (χ4n) is 2.49. The average molecular weight is 350 g/mol. The lowest BCUT2D eigenvalue weighted by atomic mass is 9.92. The van der Waals surface area contributed by atoms with Crippen LogP contribution in [0.2, 0.25) is 0 Å². The smallest absolute Gasteiger partial charge is 0.408 e. The predicted molar refractivity (Wildman–Crippen MR) is 93.6 cm³/mol. The quantitative estimate of drug-likeness (QED) is 0.726. The number of hydrogen-bond acceptors (Lipinski definition) is 4. The normalized spacial score (nSPS) is 12.4. The fourth-order valence-corrected chi connectivity index (χ4v) is 2.49. The van der Waals surface area contributed by atoms with Gasteiger partial charge in [-0.05, 0) is 62.9 Å². The summed E-state index contributed by atoms with van der Waals surface area (Å²) in [6, 6.07) is 2.15. The summed E-state index contributed by atoms with van der Waals surface area (Å²) in [5.74, 6) is -1.70. The number of nitrogens with one attached hydrogen (secondary N) is 1. The van der Waals surface area contributed by atoms with Gasteiger partial charge in [-0.2, -0.15) is 0 Å². The minimum atomic E-state index is -1.16. The molecule has 0 saturated carbocycles. The Labute approximate surface area is 147 Å². The second-order valence-corrected chi connectivity index (χ2v) is 6.89. The molecule has 0 aliphatic heterocycles. The molecule has 0 unspecified atom stereocenters. The number of carbonyl (C=O) groups is 3. The summed E-state index contributed by atoms with van der Waals surface area (Å²) < 4.78 is 5.12. The largest absolute Gasteiger partial charge is 0.480 e. The Hall–Kier alpha value is -2.57. The van der Waals surface area contributed by atoms with E-state index in [4.69, 9.17) is 10.5 Å². The summed E-state index contributed by atoms with van der Waals surface area (Å²) in [5.41, 5.74) is 7.34. The number of amides is 2. The zero-order valence-corrected chi connectivity index (χ0v) is 15.3. The third-order valence-corrected chi connectivity index (χ3v) is 3.63. The Kier molecular flexibility index (Phi) is 6.55. The van der Waals surface area contributed by atoms with Crippen molar-refractivity contribution < 1.29 is 24.2 Å². The maximum absolute atomic E-state index is 11.9. The van der Waals surface area contributed by atoms with Gasteiger partial charge >= 0.3 is 12.1 Å². The van der Waals surface area contributed by atoms with Gasteiger partial charge in [0.2, 0.25) is 5.91 Å². The summed E-state index contributed by atoms with van der Waals surface area (Å²) in [5, 5.41) is 11.8. The molecule has 138 valence electrons. The lowest BCUT2D eigenvalue weighted by molar-refractivity contribution is -0.139. The SMILES string of the molecule is CCc1cc(C(N)=O)cc(C)c1C[C@H](NC(=O)OC(C)(C)C)C(=O)O. The average Bonchev–Trinajstić information content (AvgIpc) is 2.45. The van der Waals surface area contributed by atoms with Crippen LogP contribution in [0, 0.1) is 6.92 Å². The molecule has 1 aromatic rings. The van der Waals surface area contributed by atoms with Crippen molar-refractivity contribution in [2.24, 2.45) is 5.73 Å². The molecule has 0 radical (unpaired) electrons. The molecule has 1 rings (SSSR count). The van der Waals surface area contributed by atoms with Crippen molar-refractivity contribution in [3.63, 3.8) is 0 Å². The summed E-state index contributed by atoms with van der Waals surface area (Å²) in [6.45, 7) is 8.78. The minimum Gasteiger partial charge on any atom is -0.480 e. The molecule has 7 heteroatoms. The maximum atomic E-state index is 11.9. The third kappa shape index (κ3) is 6.10. The van der Waals surface area contributed by atoms with E-state index < -0.39 is 29.6 Å². The van der Waals surface area contributed by atoms with Gasteiger partial charge in [0.05, 0.1) is 0 Å². The highest BCUT2D eigenvalue weighted by molar-refractivity contribution is 5.93.